The normalized spacial score (nSPS) is 27.2. The predicted octanol–water partition coefficient (Wildman–Crippen LogP) is 2.64. The van der Waals surface area contributed by atoms with Crippen LogP contribution in [0.2, 0.25) is 0 Å². The third kappa shape index (κ3) is 1.41. The molecule has 1 nitrogen and oxygen atoms in total. The summed E-state index contributed by atoms with van der Waals surface area (Å²) in [6.45, 7) is 5.74. The van der Waals surface area contributed by atoms with E-state index in [1.54, 1.807) is 16.7 Å². The van der Waals surface area contributed by atoms with E-state index in [2.05, 4.69) is 37.4 Å². The fourth-order valence-electron chi connectivity index (χ4n) is 2.96. The molecule has 80 valence electrons. The first kappa shape index (κ1) is 9.41. The van der Waals surface area contributed by atoms with Crippen LogP contribution >= 0.6 is 0 Å². The molecule has 1 heteroatoms. The van der Waals surface area contributed by atoms with Crippen molar-refractivity contribution in [1.82, 2.24) is 5.32 Å². The maximum Gasteiger partial charge on any atom is 0.0206 e. The lowest BCUT2D eigenvalue weighted by Gasteiger charge is -2.46. The molecule has 1 unspecified atom stereocenters. The largest absolute Gasteiger partial charge is 0.310 e. The maximum absolute atomic E-state index is 3.50. The van der Waals surface area contributed by atoms with Gasteiger partial charge in [-0.3, -0.25) is 0 Å². The highest BCUT2D eigenvalue weighted by Gasteiger charge is 2.38. The standard InChI is InChI=1S/C14H19N/c1-14(2)13(9-15-14)12-7-6-10-4-3-5-11(10)8-12/h6-8,13,15H,3-5,9H2,1-2H3. The van der Waals surface area contributed by atoms with Crippen LogP contribution in [-0.2, 0) is 12.8 Å². The van der Waals surface area contributed by atoms with E-state index in [1.165, 1.54) is 19.3 Å². The summed E-state index contributed by atoms with van der Waals surface area (Å²) in [6, 6.07) is 7.15. The minimum Gasteiger partial charge on any atom is -0.310 e. The van der Waals surface area contributed by atoms with Crippen molar-refractivity contribution in [2.45, 2.75) is 44.6 Å². The van der Waals surface area contributed by atoms with Crippen molar-refractivity contribution >= 4 is 0 Å². The van der Waals surface area contributed by atoms with E-state index in [9.17, 15) is 0 Å². The van der Waals surface area contributed by atoms with Crippen molar-refractivity contribution in [2.24, 2.45) is 0 Å². The van der Waals surface area contributed by atoms with Gasteiger partial charge in [-0.1, -0.05) is 18.2 Å². The Kier molecular flexibility index (Phi) is 1.93. The van der Waals surface area contributed by atoms with Gasteiger partial charge >= 0.3 is 0 Å². The molecule has 1 heterocycles. The summed E-state index contributed by atoms with van der Waals surface area (Å²) in [5.41, 5.74) is 5.03. The Bertz CT molecular complexity index is 392. The highest BCUT2D eigenvalue weighted by atomic mass is 15.1. The third-order valence-electron chi connectivity index (χ3n) is 4.16. The van der Waals surface area contributed by atoms with Gasteiger partial charge in [0, 0.05) is 18.0 Å². The number of hydrogen-bond acceptors (Lipinski definition) is 1. The molecule has 1 fully saturated rings. The number of nitrogens with one attached hydrogen (secondary N) is 1. The van der Waals surface area contributed by atoms with Crippen molar-refractivity contribution < 1.29 is 0 Å². The smallest absolute Gasteiger partial charge is 0.0206 e. The van der Waals surface area contributed by atoms with Gasteiger partial charge in [0.15, 0.2) is 0 Å². The summed E-state index contributed by atoms with van der Waals surface area (Å²) in [7, 11) is 0. The van der Waals surface area contributed by atoms with Gasteiger partial charge in [0.1, 0.15) is 0 Å². The first-order valence-electron chi connectivity index (χ1n) is 6.03. The molecular formula is C14H19N. The SMILES string of the molecule is CC1(C)NCC1c1ccc2c(c1)CCC2. The van der Waals surface area contributed by atoms with Crippen LogP contribution in [0.3, 0.4) is 0 Å². The van der Waals surface area contributed by atoms with Crippen molar-refractivity contribution in [2.75, 3.05) is 6.54 Å². The van der Waals surface area contributed by atoms with E-state index in [-0.39, 0.29) is 0 Å². The molecule has 1 aliphatic carbocycles. The average molecular weight is 201 g/mol. The lowest BCUT2D eigenvalue weighted by molar-refractivity contribution is 0.208. The zero-order valence-corrected chi connectivity index (χ0v) is 9.64. The van der Waals surface area contributed by atoms with Crippen LogP contribution in [0.15, 0.2) is 18.2 Å². The summed E-state index contributed by atoms with van der Waals surface area (Å²) in [5, 5.41) is 3.50. The Labute approximate surface area is 91.9 Å². The lowest BCUT2D eigenvalue weighted by Crippen LogP contribution is -2.59. The van der Waals surface area contributed by atoms with E-state index < -0.39 is 0 Å². The molecule has 0 aromatic heterocycles. The summed E-state index contributed by atoms with van der Waals surface area (Å²) in [5.74, 6) is 0.711. The van der Waals surface area contributed by atoms with Crippen LogP contribution in [0.5, 0.6) is 0 Å². The molecule has 1 atom stereocenters. The van der Waals surface area contributed by atoms with Gasteiger partial charge in [-0.05, 0) is 49.8 Å². The Hall–Kier alpha value is -0.820. The van der Waals surface area contributed by atoms with E-state index in [0.29, 0.717) is 11.5 Å². The molecule has 3 rings (SSSR count). The second-order valence-corrected chi connectivity index (χ2v) is 5.54. The predicted molar refractivity (Wildman–Crippen MR) is 63.3 cm³/mol. The van der Waals surface area contributed by atoms with Crippen LogP contribution in [-0.4, -0.2) is 12.1 Å². The molecular weight excluding hydrogens is 182 g/mol. The lowest BCUT2D eigenvalue weighted by atomic mass is 9.75. The van der Waals surface area contributed by atoms with Crippen LogP contribution < -0.4 is 5.32 Å². The Morgan fingerprint density at radius 2 is 2.00 bits per heavy atom. The number of hydrogen-bond donors (Lipinski definition) is 1. The zero-order valence-electron chi connectivity index (χ0n) is 9.64. The number of aryl methyl sites for hydroxylation is 2. The monoisotopic (exact) mass is 201 g/mol. The average Bonchev–Trinajstić information content (AvgIpc) is 2.63. The highest BCUT2D eigenvalue weighted by molar-refractivity contribution is 5.39. The van der Waals surface area contributed by atoms with Gasteiger partial charge in [-0.2, -0.15) is 0 Å². The van der Waals surface area contributed by atoms with E-state index in [4.69, 9.17) is 0 Å². The molecule has 1 aliphatic heterocycles. The van der Waals surface area contributed by atoms with Gasteiger partial charge in [0.25, 0.3) is 0 Å². The Morgan fingerprint density at radius 1 is 1.20 bits per heavy atom. The Balaban J connectivity index is 1.93. The van der Waals surface area contributed by atoms with Crippen molar-refractivity contribution in [3.05, 3.63) is 34.9 Å². The molecule has 1 saturated heterocycles. The molecule has 15 heavy (non-hydrogen) atoms. The number of benzene rings is 1. The van der Waals surface area contributed by atoms with Gasteiger partial charge < -0.3 is 5.32 Å². The van der Waals surface area contributed by atoms with Gasteiger partial charge in [-0.25, -0.2) is 0 Å². The van der Waals surface area contributed by atoms with E-state index in [0.717, 1.165) is 6.54 Å². The molecule has 0 bridgehead atoms. The van der Waals surface area contributed by atoms with Crippen LogP contribution in [0.25, 0.3) is 0 Å². The van der Waals surface area contributed by atoms with Gasteiger partial charge in [-0.15, -0.1) is 0 Å². The maximum atomic E-state index is 3.50. The summed E-state index contributed by atoms with van der Waals surface area (Å²) >= 11 is 0. The van der Waals surface area contributed by atoms with Crippen molar-refractivity contribution in [3.63, 3.8) is 0 Å². The molecule has 1 aromatic carbocycles. The highest BCUT2D eigenvalue weighted by Crippen LogP contribution is 2.36. The fourth-order valence-corrected chi connectivity index (χ4v) is 2.96. The summed E-state index contributed by atoms with van der Waals surface area (Å²) in [4.78, 5) is 0. The van der Waals surface area contributed by atoms with Gasteiger partial charge in [0.2, 0.25) is 0 Å². The molecule has 0 spiro atoms. The second-order valence-electron chi connectivity index (χ2n) is 5.54. The van der Waals surface area contributed by atoms with Crippen LogP contribution in [0.4, 0.5) is 0 Å². The number of fused-ring (bicyclic) bond motifs is 1. The van der Waals surface area contributed by atoms with E-state index >= 15 is 0 Å². The summed E-state index contributed by atoms with van der Waals surface area (Å²) < 4.78 is 0. The molecule has 0 saturated carbocycles. The zero-order chi connectivity index (χ0) is 10.5. The van der Waals surface area contributed by atoms with E-state index in [1.807, 2.05) is 0 Å². The van der Waals surface area contributed by atoms with Crippen LogP contribution in [0, 0.1) is 0 Å². The fraction of sp³-hybridized carbons (Fsp3) is 0.571. The van der Waals surface area contributed by atoms with Crippen molar-refractivity contribution in [1.29, 1.82) is 0 Å². The molecule has 1 N–H and O–H groups in total. The first-order valence-corrected chi connectivity index (χ1v) is 6.03. The topological polar surface area (TPSA) is 12.0 Å². The quantitative estimate of drug-likeness (QED) is 0.736. The minimum atomic E-state index is 0.298. The second kappa shape index (κ2) is 3.08. The first-order chi connectivity index (χ1) is 7.17. The Morgan fingerprint density at radius 3 is 2.67 bits per heavy atom. The van der Waals surface area contributed by atoms with Crippen LogP contribution in [0.1, 0.15) is 42.9 Å². The number of rotatable bonds is 1. The molecule has 2 aliphatic rings. The van der Waals surface area contributed by atoms with Crippen molar-refractivity contribution in [3.8, 4) is 0 Å². The summed E-state index contributed by atoms with van der Waals surface area (Å²) in [6.07, 6.45) is 3.94. The van der Waals surface area contributed by atoms with Gasteiger partial charge in [0.05, 0.1) is 0 Å². The third-order valence-corrected chi connectivity index (χ3v) is 4.16. The molecule has 0 amide bonds. The minimum absolute atomic E-state index is 0.298. The molecule has 1 aromatic rings. The molecule has 0 radical (unpaired) electrons.